The number of carbonyl (C=O) groups excluding carboxylic acids is 4. The molecule has 0 spiro atoms. The third-order valence-corrected chi connectivity index (χ3v) is 7.65. The molecule has 1 saturated heterocycles. The Labute approximate surface area is 258 Å². The Bertz CT molecular complexity index is 1310. The second-order valence-electron chi connectivity index (χ2n) is 10.6. The van der Waals surface area contributed by atoms with E-state index in [2.05, 4.69) is 0 Å². The number of ether oxygens (including phenoxy) is 4. The molecule has 232 valence electrons. The van der Waals surface area contributed by atoms with E-state index < -0.39 is 35.7 Å². The van der Waals surface area contributed by atoms with Gasteiger partial charge in [-0.2, -0.15) is 0 Å². The molecular weight excluding hydrogens is 562 g/mol. The molecule has 3 aromatic carbocycles. The number of esters is 2. The van der Waals surface area contributed by atoms with Gasteiger partial charge in [0.05, 0.1) is 27.4 Å². The number of amides is 1. The molecule has 0 bridgehead atoms. The Morgan fingerprint density at radius 2 is 1.09 bits per heavy atom. The second-order valence-corrected chi connectivity index (χ2v) is 10.6. The van der Waals surface area contributed by atoms with Crippen LogP contribution in [-0.4, -0.2) is 68.0 Å². The Morgan fingerprint density at radius 1 is 0.636 bits per heavy atom. The Morgan fingerprint density at radius 3 is 1.52 bits per heavy atom. The maximum absolute atomic E-state index is 13.3. The predicted octanol–water partition coefficient (Wildman–Crippen LogP) is 4.99. The number of Topliss-reactive ketones (excluding diaryl/α,β-unsaturated/α-hetero) is 1. The predicted molar refractivity (Wildman–Crippen MR) is 164 cm³/mol. The van der Waals surface area contributed by atoms with Crippen molar-refractivity contribution in [1.29, 1.82) is 0 Å². The monoisotopic (exact) mass is 601 g/mol. The first-order valence-electron chi connectivity index (χ1n) is 14.9. The third-order valence-electron chi connectivity index (χ3n) is 7.65. The second kappa shape index (κ2) is 16.3. The molecule has 4 rings (SSSR count). The van der Waals surface area contributed by atoms with Gasteiger partial charge in [-0.1, -0.05) is 54.6 Å². The number of hydrogen-bond acceptors (Lipinski definition) is 8. The quantitative estimate of drug-likeness (QED) is 0.0979. The highest BCUT2D eigenvalue weighted by molar-refractivity contribution is 6.43. The maximum atomic E-state index is 13.3. The molecule has 1 heterocycles. The topological polar surface area (TPSA) is 108 Å². The normalized spacial score (nSPS) is 15.5. The van der Waals surface area contributed by atoms with E-state index in [4.69, 9.17) is 18.9 Å². The molecule has 1 amide bonds. The standard InChI is InChI=1S/C35H39NO8/c1-41-28-18-14-25(15-19-28)10-6-8-22-43-34(39)30-24-31(36(30)33(38)32(37)27-12-4-3-5-13-27)35(40)44-23-9-7-11-26-16-20-29(42-2)21-17-26/h3-5,12-21,30-31H,6-11,22-24H2,1-2H3/t30-,31-/m0/s1. The van der Waals surface area contributed by atoms with Gasteiger partial charge in [-0.15, -0.1) is 0 Å². The summed E-state index contributed by atoms with van der Waals surface area (Å²) in [5.41, 5.74) is 2.48. The summed E-state index contributed by atoms with van der Waals surface area (Å²) in [6.45, 7) is 0.340. The zero-order chi connectivity index (χ0) is 31.3. The largest absolute Gasteiger partial charge is 0.497 e. The molecule has 0 unspecified atom stereocenters. The Hall–Kier alpha value is -4.66. The van der Waals surface area contributed by atoms with Gasteiger partial charge in [0.2, 0.25) is 5.78 Å². The van der Waals surface area contributed by atoms with Gasteiger partial charge in [-0.25, -0.2) is 9.59 Å². The molecule has 3 aromatic rings. The molecule has 1 fully saturated rings. The molecule has 0 aromatic heterocycles. The van der Waals surface area contributed by atoms with Gasteiger partial charge in [-0.05, 0) is 73.9 Å². The average Bonchev–Trinajstić information content (AvgIpc) is 3.04. The lowest BCUT2D eigenvalue weighted by molar-refractivity contribution is -0.175. The number of methoxy groups -OCH3 is 2. The summed E-state index contributed by atoms with van der Waals surface area (Å²) in [6.07, 6.45) is 4.53. The smallest absolute Gasteiger partial charge is 0.328 e. The van der Waals surface area contributed by atoms with Crippen molar-refractivity contribution >= 4 is 23.6 Å². The van der Waals surface area contributed by atoms with Crippen molar-refractivity contribution in [2.24, 2.45) is 0 Å². The van der Waals surface area contributed by atoms with Crippen LogP contribution in [0.1, 0.15) is 53.6 Å². The minimum atomic E-state index is -1.02. The maximum Gasteiger partial charge on any atom is 0.328 e. The minimum absolute atomic E-state index is 0.0448. The minimum Gasteiger partial charge on any atom is -0.497 e. The fraction of sp³-hybridized carbons (Fsp3) is 0.371. The van der Waals surface area contributed by atoms with Gasteiger partial charge in [0.1, 0.15) is 23.6 Å². The number of likely N-dealkylation sites (tertiary alicyclic amines) is 1. The summed E-state index contributed by atoms with van der Waals surface area (Å²) in [5.74, 6) is -1.40. The molecule has 1 aliphatic rings. The van der Waals surface area contributed by atoms with Crippen LogP contribution >= 0.6 is 0 Å². The van der Waals surface area contributed by atoms with Crippen molar-refractivity contribution in [3.05, 3.63) is 95.6 Å². The van der Waals surface area contributed by atoms with Gasteiger partial charge < -0.3 is 23.8 Å². The lowest BCUT2D eigenvalue weighted by Crippen LogP contribution is -2.66. The van der Waals surface area contributed by atoms with E-state index in [1.165, 1.54) is 12.1 Å². The van der Waals surface area contributed by atoms with Crippen molar-refractivity contribution in [2.75, 3.05) is 27.4 Å². The molecule has 44 heavy (non-hydrogen) atoms. The molecule has 0 N–H and O–H groups in total. The van der Waals surface area contributed by atoms with Crippen molar-refractivity contribution in [3.63, 3.8) is 0 Å². The molecule has 0 saturated carbocycles. The van der Waals surface area contributed by atoms with Crippen LogP contribution in [0.3, 0.4) is 0 Å². The SMILES string of the molecule is COc1ccc(CCCCOC(=O)[C@@H]2C[C@@H](C(=O)OCCCCc3ccc(OC)cc3)N2C(=O)C(=O)c2ccccc2)cc1. The molecule has 9 heteroatoms. The van der Waals surface area contributed by atoms with Crippen LogP contribution in [0.4, 0.5) is 0 Å². The van der Waals surface area contributed by atoms with Crippen molar-refractivity contribution in [1.82, 2.24) is 4.90 Å². The molecule has 1 aliphatic heterocycles. The molecule has 0 aliphatic carbocycles. The lowest BCUT2D eigenvalue weighted by atomic mass is 9.91. The summed E-state index contributed by atoms with van der Waals surface area (Å²) >= 11 is 0. The Kier molecular flexibility index (Phi) is 11.9. The van der Waals surface area contributed by atoms with Gasteiger partial charge in [0.15, 0.2) is 0 Å². The van der Waals surface area contributed by atoms with Crippen LogP contribution in [0.25, 0.3) is 0 Å². The zero-order valence-corrected chi connectivity index (χ0v) is 25.2. The van der Waals surface area contributed by atoms with Gasteiger partial charge in [0, 0.05) is 12.0 Å². The first kappa shape index (κ1) is 32.3. The summed E-state index contributed by atoms with van der Waals surface area (Å²) in [5, 5.41) is 0. The number of unbranched alkanes of at least 4 members (excludes halogenated alkanes) is 2. The molecule has 9 nitrogen and oxygen atoms in total. The number of ketones is 1. The van der Waals surface area contributed by atoms with Crippen LogP contribution in [0.2, 0.25) is 0 Å². The lowest BCUT2D eigenvalue weighted by Gasteiger charge is -2.44. The van der Waals surface area contributed by atoms with Crippen LogP contribution in [0.15, 0.2) is 78.9 Å². The highest BCUT2D eigenvalue weighted by atomic mass is 16.5. The van der Waals surface area contributed by atoms with Crippen molar-refractivity contribution in [2.45, 2.75) is 57.0 Å². The van der Waals surface area contributed by atoms with E-state index in [1.807, 2.05) is 48.5 Å². The summed E-state index contributed by atoms with van der Waals surface area (Å²) in [4.78, 5) is 53.1. The van der Waals surface area contributed by atoms with E-state index in [0.717, 1.165) is 53.2 Å². The number of hydrogen-bond donors (Lipinski definition) is 0. The number of nitrogens with zero attached hydrogens (tertiary/aromatic N) is 1. The van der Waals surface area contributed by atoms with Crippen LogP contribution in [-0.2, 0) is 36.7 Å². The summed E-state index contributed by atoms with van der Waals surface area (Å²) in [7, 11) is 3.24. The van der Waals surface area contributed by atoms with Crippen LogP contribution < -0.4 is 9.47 Å². The highest BCUT2D eigenvalue weighted by Crippen LogP contribution is 2.29. The van der Waals surface area contributed by atoms with Crippen LogP contribution in [0.5, 0.6) is 11.5 Å². The van der Waals surface area contributed by atoms with Gasteiger partial charge >= 0.3 is 11.9 Å². The number of aryl methyl sites for hydroxylation is 2. The van der Waals surface area contributed by atoms with E-state index in [0.29, 0.717) is 12.8 Å². The van der Waals surface area contributed by atoms with E-state index in [1.54, 1.807) is 32.4 Å². The number of rotatable bonds is 16. The first-order chi connectivity index (χ1) is 21.4. The van der Waals surface area contributed by atoms with Gasteiger partial charge in [-0.3, -0.25) is 9.59 Å². The zero-order valence-electron chi connectivity index (χ0n) is 25.2. The van der Waals surface area contributed by atoms with E-state index in [-0.39, 0.29) is 25.2 Å². The number of benzene rings is 3. The first-order valence-corrected chi connectivity index (χ1v) is 14.9. The molecular formula is C35H39NO8. The van der Waals surface area contributed by atoms with E-state index >= 15 is 0 Å². The number of carbonyl (C=O) groups is 4. The fourth-order valence-corrected chi connectivity index (χ4v) is 5.04. The average molecular weight is 602 g/mol. The third kappa shape index (κ3) is 8.69. The summed E-state index contributed by atoms with van der Waals surface area (Å²) < 4.78 is 21.3. The Balaban J connectivity index is 1.27. The fourth-order valence-electron chi connectivity index (χ4n) is 5.04. The van der Waals surface area contributed by atoms with E-state index in [9.17, 15) is 19.2 Å². The van der Waals surface area contributed by atoms with Crippen molar-refractivity contribution < 1.29 is 38.1 Å². The van der Waals surface area contributed by atoms with Crippen LogP contribution in [0, 0.1) is 0 Å². The van der Waals surface area contributed by atoms with Crippen molar-refractivity contribution in [3.8, 4) is 11.5 Å². The highest BCUT2D eigenvalue weighted by Gasteiger charge is 2.52. The summed E-state index contributed by atoms with van der Waals surface area (Å²) in [6, 6.07) is 21.6. The molecule has 2 atom stereocenters. The van der Waals surface area contributed by atoms with Gasteiger partial charge in [0.25, 0.3) is 5.91 Å². The molecule has 0 radical (unpaired) electrons.